The molecular formula is C8H8F3NO2. The van der Waals surface area contributed by atoms with Crippen LogP contribution in [0, 0.1) is 0 Å². The molecule has 0 aliphatic rings. The third kappa shape index (κ3) is 1.89. The fraction of sp³-hybridized carbons (Fsp3) is 0.375. The Morgan fingerprint density at radius 2 is 1.79 bits per heavy atom. The lowest BCUT2D eigenvalue weighted by Crippen LogP contribution is -2.09. The first-order chi connectivity index (χ1) is 6.50. The van der Waals surface area contributed by atoms with Crippen molar-refractivity contribution in [1.29, 1.82) is 0 Å². The minimum absolute atomic E-state index is 0.0395. The molecule has 0 fully saturated rings. The van der Waals surface area contributed by atoms with E-state index in [1.165, 1.54) is 7.11 Å². The zero-order valence-electron chi connectivity index (χ0n) is 7.55. The number of rotatable bonds is 2. The Morgan fingerprint density at radius 1 is 1.14 bits per heavy atom. The zero-order chi connectivity index (χ0) is 10.8. The van der Waals surface area contributed by atoms with Crippen molar-refractivity contribution in [2.75, 3.05) is 14.2 Å². The largest absolute Gasteiger partial charge is 0.492 e. The number of methoxy groups -OCH3 is 2. The van der Waals surface area contributed by atoms with Crippen LogP contribution in [0.4, 0.5) is 13.2 Å². The van der Waals surface area contributed by atoms with Gasteiger partial charge in [0.1, 0.15) is 5.56 Å². The van der Waals surface area contributed by atoms with Gasteiger partial charge in [-0.2, -0.15) is 13.2 Å². The molecule has 1 aromatic heterocycles. The van der Waals surface area contributed by atoms with Gasteiger partial charge in [-0.15, -0.1) is 0 Å². The first-order valence-corrected chi connectivity index (χ1v) is 3.64. The molecule has 6 heteroatoms. The second-order valence-electron chi connectivity index (χ2n) is 2.42. The highest BCUT2D eigenvalue weighted by molar-refractivity contribution is 5.45. The standard InChI is InChI=1S/C8H8F3NO2/c1-13-6-4-12-3-5(7(6)14-2)8(9,10)11/h3-4H,1-2H3. The summed E-state index contributed by atoms with van der Waals surface area (Å²) < 4.78 is 46.4. The molecular weight excluding hydrogens is 199 g/mol. The number of pyridine rings is 1. The molecule has 0 saturated carbocycles. The molecule has 0 unspecified atom stereocenters. The van der Waals surface area contributed by atoms with E-state index in [0.29, 0.717) is 6.20 Å². The Balaban J connectivity index is 3.29. The summed E-state index contributed by atoms with van der Waals surface area (Å²) in [6.45, 7) is 0. The lowest BCUT2D eigenvalue weighted by Gasteiger charge is -2.13. The van der Waals surface area contributed by atoms with Crippen LogP contribution in [0.1, 0.15) is 5.56 Å². The highest BCUT2D eigenvalue weighted by Crippen LogP contribution is 2.40. The van der Waals surface area contributed by atoms with Crippen LogP contribution >= 0.6 is 0 Å². The van der Waals surface area contributed by atoms with Gasteiger partial charge in [-0.05, 0) is 0 Å². The Morgan fingerprint density at radius 3 is 2.21 bits per heavy atom. The maximum Gasteiger partial charge on any atom is 0.421 e. The summed E-state index contributed by atoms with van der Waals surface area (Å²) in [5.74, 6) is -0.391. The Bertz CT molecular complexity index is 325. The molecule has 0 saturated heterocycles. The molecule has 3 nitrogen and oxygen atoms in total. The van der Waals surface area contributed by atoms with Gasteiger partial charge in [0.15, 0.2) is 11.5 Å². The van der Waals surface area contributed by atoms with E-state index in [1.54, 1.807) is 0 Å². The molecule has 78 valence electrons. The van der Waals surface area contributed by atoms with Crippen LogP contribution < -0.4 is 9.47 Å². The van der Waals surface area contributed by atoms with Crippen molar-refractivity contribution < 1.29 is 22.6 Å². The van der Waals surface area contributed by atoms with E-state index in [2.05, 4.69) is 14.5 Å². The van der Waals surface area contributed by atoms with Crippen LogP contribution in [0.2, 0.25) is 0 Å². The van der Waals surface area contributed by atoms with Gasteiger partial charge >= 0.3 is 6.18 Å². The lowest BCUT2D eigenvalue weighted by atomic mass is 10.2. The highest BCUT2D eigenvalue weighted by Gasteiger charge is 2.36. The van der Waals surface area contributed by atoms with E-state index < -0.39 is 11.7 Å². The summed E-state index contributed by atoms with van der Waals surface area (Å²) in [6, 6.07) is 0. The summed E-state index contributed by atoms with van der Waals surface area (Å²) in [7, 11) is 2.40. The maximum absolute atomic E-state index is 12.4. The van der Waals surface area contributed by atoms with Gasteiger partial charge in [0.25, 0.3) is 0 Å². The van der Waals surface area contributed by atoms with E-state index >= 15 is 0 Å². The van der Waals surface area contributed by atoms with Crippen molar-refractivity contribution in [3.05, 3.63) is 18.0 Å². The fourth-order valence-electron chi connectivity index (χ4n) is 0.987. The molecule has 1 rings (SSSR count). The predicted molar refractivity (Wildman–Crippen MR) is 42.3 cm³/mol. The molecule has 1 aromatic rings. The Hall–Kier alpha value is -1.46. The van der Waals surface area contributed by atoms with E-state index in [0.717, 1.165) is 13.3 Å². The highest BCUT2D eigenvalue weighted by atomic mass is 19.4. The molecule has 0 aliphatic carbocycles. The van der Waals surface area contributed by atoms with Crippen LogP contribution in [0.25, 0.3) is 0 Å². The van der Waals surface area contributed by atoms with Gasteiger partial charge in [0, 0.05) is 6.20 Å². The molecule has 14 heavy (non-hydrogen) atoms. The topological polar surface area (TPSA) is 31.4 Å². The summed E-state index contributed by atoms with van der Waals surface area (Å²) in [5.41, 5.74) is -0.945. The van der Waals surface area contributed by atoms with Crippen LogP contribution in [0.15, 0.2) is 12.4 Å². The molecule has 0 aromatic carbocycles. The quantitative estimate of drug-likeness (QED) is 0.744. The third-order valence-corrected chi connectivity index (χ3v) is 1.59. The first kappa shape index (κ1) is 10.6. The molecule has 0 radical (unpaired) electrons. The maximum atomic E-state index is 12.4. The van der Waals surface area contributed by atoms with E-state index in [1.807, 2.05) is 0 Å². The van der Waals surface area contributed by atoms with Crippen molar-refractivity contribution in [3.8, 4) is 11.5 Å². The number of ether oxygens (including phenoxy) is 2. The average Bonchev–Trinajstić information content (AvgIpc) is 2.15. The second kappa shape index (κ2) is 3.73. The van der Waals surface area contributed by atoms with Gasteiger partial charge < -0.3 is 9.47 Å². The number of hydrogen-bond donors (Lipinski definition) is 0. The third-order valence-electron chi connectivity index (χ3n) is 1.59. The summed E-state index contributed by atoms with van der Waals surface area (Å²) in [4.78, 5) is 3.41. The Labute approximate surface area is 78.5 Å². The number of halogens is 3. The number of aromatic nitrogens is 1. The molecule has 0 spiro atoms. The molecule has 0 N–H and O–H groups in total. The van der Waals surface area contributed by atoms with Gasteiger partial charge in [-0.1, -0.05) is 0 Å². The number of alkyl halides is 3. The van der Waals surface area contributed by atoms with E-state index in [9.17, 15) is 13.2 Å². The number of hydrogen-bond acceptors (Lipinski definition) is 3. The van der Waals surface area contributed by atoms with E-state index in [-0.39, 0.29) is 11.5 Å². The average molecular weight is 207 g/mol. The van der Waals surface area contributed by atoms with Crippen LogP contribution in [0.5, 0.6) is 11.5 Å². The summed E-state index contributed by atoms with van der Waals surface area (Å²) in [5, 5.41) is 0. The summed E-state index contributed by atoms with van der Waals surface area (Å²) >= 11 is 0. The first-order valence-electron chi connectivity index (χ1n) is 3.64. The molecule has 0 atom stereocenters. The molecule has 0 aliphatic heterocycles. The molecule has 0 amide bonds. The van der Waals surface area contributed by atoms with Crippen molar-refractivity contribution >= 4 is 0 Å². The minimum atomic E-state index is -4.49. The van der Waals surface area contributed by atoms with Crippen LogP contribution in [-0.4, -0.2) is 19.2 Å². The molecule has 0 bridgehead atoms. The lowest BCUT2D eigenvalue weighted by molar-refractivity contribution is -0.139. The number of nitrogens with zero attached hydrogens (tertiary/aromatic N) is 1. The van der Waals surface area contributed by atoms with Gasteiger partial charge in [0.05, 0.1) is 20.4 Å². The van der Waals surface area contributed by atoms with Gasteiger partial charge in [-0.25, -0.2) is 0 Å². The fourth-order valence-corrected chi connectivity index (χ4v) is 0.987. The predicted octanol–water partition coefficient (Wildman–Crippen LogP) is 2.12. The monoisotopic (exact) mass is 207 g/mol. The van der Waals surface area contributed by atoms with Gasteiger partial charge in [-0.3, -0.25) is 4.98 Å². The van der Waals surface area contributed by atoms with Crippen LogP contribution in [-0.2, 0) is 6.18 Å². The minimum Gasteiger partial charge on any atom is -0.492 e. The Kier molecular flexibility index (Phi) is 2.83. The SMILES string of the molecule is COc1cncc(C(F)(F)F)c1OC. The van der Waals surface area contributed by atoms with Crippen molar-refractivity contribution in [2.45, 2.75) is 6.18 Å². The molecule has 1 heterocycles. The van der Waals surface area contributed by atoms with Crippen molar-refractivity contribution in [3.63, 3.8) is 0 Å². The van der Waals surface area contributed by atoms with Gasteiger partial charge in [0.2, 0.25) is 0 Å². The van der Waals surface area contributed by atoms with Crippen LogP contribution in [0.3, 0.4) is 0 Å². The second-order valence-corrected chi connectivity index (χ2v) is 2.42. The van der Waals surface area contributed by atoms with E-state index in [4.69, 9.17) is 0 Å². The smallest absolute Gasteiger partial charge is 0.421 e. The van der Waals surface area contributed by atoms with Crippen molar-refractivity contribution in [2.24, 2.45) is 0 Å². The zero-order valence-corrected chi connectivity index (χ0v) is 7.55. The normalized spacial score (nSPS) is 11.2. The summed E-state index contributed by atoms with van der Waals surface area (Å²) in [6.07, 6.45) is -2.64. The van der Waals surface area contributed by atoms with Crippen molar-refractivity contribution in [1.82, 2.24) is 4.98 Å².